The van der Waals surface area contributed by atoms with Gasteiger partial charge in [-0.15, -0.1) is 0 Å². The lowest BCUT2D eigenvalue weighted by Gasteiger charge is -2.18. The molecule has 0 unspecified atom stereocenters. The van der Waals surface area contributed by atoms with E-state index in [2.05, 4.69) is 5.32 Å². The Morgan fingerprint density at radius 3 is 2.62 bits per heavy atom. The van der Waals surface area contributed by atoms with Crippen LogP contribution in [0.4, 0.5) is 5.69 Å². The quantitative estimate of drug-likeness (QED) is 0.595. The van der Waals surface area contributed by atoms with Crippen molar-refractivity contribution >= 4 is 23.6 Å². The summed E-state index contributed by atoms with van der Waals surface area (Å²) in [6, 6.07) is 10.8. The average Bonchev–Trinajstić information content (AvgIpc) is 2.72. The first-order chi connectivity index (χ1) is 14.0. The monoisotopic (exact) mass is 397 g/mol. The third-order valence-electron chi connectivity index (χ3n) is 4.25. The maximum absolute atomic E-state index is 12.4. The van der Waals surface area contributed by atoms with Gasteiger partial charge in [-0.05, 0) is 55.3 Å². The van der Waals surface area contributed by atoms with Gasteiger partial charge in [-0.2, -0.15) is 0 Å². The van der Waals surface area contributed by atoms with Crippen molar-refractivity contribution in [1.29, 1.82) is 0 Å². The topological polar surface area (TPSA) is 83.1 Å². The number of ether oxygens (including phenoxy) is 4. The molecule has 0 radical (unpaired) electrons. The van der Waals surface area contributed by atoms with Crippen molar-refractivity contribution in [3.8, 4) is 17.2 Å². The first-order valence-electron chi connectivity index (χ1n) is 9.20. The largest absolute Gasteiger partial charge is 0.495 e. The van der Waals surface area contributed by atoms with Crippen molar-refractivity contribution in [2.24, 2.45) is 0 Å². The van der Waals surface area contributed by atoms with E-state index in [0.29, 0.717) is 36.1 Å². The number of esters is 1. The van der Waals surface area contributed by atoms with E-state index in [1.165, 1.54) is 20.1 Å². The lowest BCUT2D eigenvalue weighted by molar-refractivity contribution is -0.148. The molecular weight excluding hydrogens is 374 g/mol. The van der Waals surface area contributed by atoms with Crippen LogP contribution in [0.2, 0.25) is 0 Å². The molecule has 0 saturated carbocycles. The van der Waals surface area contributed by atoms with Crippen LogP contribution in [0.1, 0.15) is 18.1 Å². The number of hydrogen-bond donors (Lipinski definition) is 1. The second kappa shape index (κ2) is 9.14. The highest BCUT2D eigenvalue weighted by Gasteiger charge is 2.18. The summed E-state index contributed by atoms with van der Waals surface area (Å²) >= 11 is 0. The smallest absolute Gasteiger partial charge is 0.331 e. The maximum atomic E-state index is 12.4. The zero-order chi connectivity index (χ0) is 20.8. The van der Waals surface area contributed by atoms with Gasteiger partial charge in [0.2, 0.25) is 0 Å². The molecule has 7 heteroatoms. The maximum Gasteiger partial charge on any atom is 0.331 e. The van der Waals surface area contributed by atoms with Crippen LogP contribution in [-0.4, -0.2) is 38.3 Å². The predicted octanol–water partition coefficient (Wildman–Crippen LogP) is 3.36. The minimum atomic E-state index is -0.974. The number of anilines is 1. The fourth-order valence-corrected chi connectivity index (χ4v) is 2.75. The Hall–Kier alpha value is -3.48. The van der Waals surface area contributed by atoms with E-state index in [9.17, 15) is 9.59 Å². The van der Waals surface area contributed by atoms with Gasteiger partial charge in [0, 0.05) is 6.08 Å². The van der Waals surface area contributed by atoms with E-state index in [4.69, 9.17) is 18.9 Å². The lowest BCUT2D eigenvalue weighted by atomic mass is 10.2. The summed E-state index contributed by atoms with van der Waals surface area (Å²) in [5, 5.41) is 2.72. The van der Waals surface area contributed by atoms with Gasteiger partial charge >= 0.3 is 5.97 Å². The van der Waals surface area contributed by atoms with Crippen LogP contribution in [0, 0.1) is 6.92 Å². The summed E-state index contributed by atoms with van der Waals surface area (Å²) < 4.78 is 21.4. The Morgan fingerprint density at radius 2 is 1.86 bits per heavy atom. The third kappa shape index (κ3) is 5.28. The van der Waals surface area contributed by atoms with Crippen molar-refractivity contribution < 1.29 is 28.5 Å². The molecular formula is C22H23NO6. The van der Waals surface area contributed by atoms with E-state index < -0.39 is 18.0 Å². The van der Waals surface area contributed by atoms with Gasteiger partial charge in [-0.25, -0.2) is 4.79 Å². The molecule has 1 aliphatic heterocycles. The van der Waals surface area contributed by atoms with Gasteiger partial charge in [0.15, 0.2) is 17.6 Å². The number of aryl methyl sites for hydroxylation is 1. The van der Waals surface area contributed by atoms with E-state index in [-0.39, 0.29) is 0 Å². The van der Waals surface area contributed by atoms with Gasteiger partial charge in [0.1, 0.15) is 19.0 Å². The Kier molecular flexibility index (Phi) is 6.39. The molecule has 0 spiro atoms. The Bertz CT molecular complexity index is 937. The molecule has 152 valence electrons. The second-order valence-corrected chi connectivity index (χ2v) is 6.51. The molecule has 7 nitrogen and oxygen atoms in total. The number of methoxy groups -OCH3 is 1. The van der Waals surface area contributed by atoms with Gasteiger partial charge < -0.3 is 24.3 Å². The van der Waals surface area contributed by atoms with E-state index in [0.717, 1.165) is 11.1 Å². The predicted molar refractivity (Wildman–Crippen MR) is 108 cm³/mol. The van der Waals surface area contributed by atoms with E-state index in [1.54, 1.807) is 36.4 Å². The number of nitrogens with one attached hydrogen (secondary N) is 1. The number of benzene rings is 2. The number of hydrogen-bond acceptors (Lipinski definition) is 6. The van der Waals surface area contributed by atoms with Crippen molar-refractivity contribution in [1.82, 2.24) is 0 Å². The van der Waals surface area contributed by atoms with Crippen molar-refractivity contribution in [2.45, 2.75) is 20.0 Å². The van der Waals surface area contributed by atoms with Gasteiger partial charge in [0.05, 0.1) is 12.8 Å². The summed E-state index contributed by atoms with van der Waals surface area (Å²) in [6.07, 6.45) is 1.88. The standard InChI is InChI=1S/C22H23NO6/c1-14-4-7-18(26-3)17(12-14)23-22(25)15(2)29-21(24)9-6-16-5-8-19-20(13-16)28-11-10-27-19/h4-9,12-13,15H,10-11H2,1-3H3,(H,23,25)/b9-6+/t15-/m1/s1. The molecule has 1 aliphatic rings. The zero-order valence-electron chi connectivity index (χ0n) is 16.6. The second-order valence-electron chi connectivity index (χ2n) is 6.51. The van der Waals surface area contributed by atoms with Crippen LogP contribution in [-0.2, 0) is 14.3 Å². The summed E-state index contributed by atoms with van der Waals surface area (Å²) in [5.41, 5.74) is 2.24. The lowest BCUT2D eigenvalue weighted by Crippen LogP contribution is -2.29. The molecule has 1 heterocycles. The number of amides is 1. The number of carbonyl (C=O) groups excluding carboxylic acids is 2. The van der Waals surface area contributed by atoms with Crippen molar-refractivity contribution in [3.63, 3.8) is 0 Å². The van der Waals surface area contributed by atoms with Crippen molar-refractivity contribution in [3.05, 3.63) is 53.6 Å². The summed E-state index contributed by atoms with van der Waals surface area (Å²) in [5.74, 6) is 0.758. The first kappa shape index (κ1) is 20.3. The summed E-state index contributed by atoms with van der Waals surface area (Å²) in [6.45, 7) is 4.41. The molecule has 0 fully saturated rings. The molecule has 2 aromatic rings. The molecule has 0 saturated heterocycles. The Labute approximate surface area is 169 Å². The highest BCUT2D eigenvalue weighted by atomic mass is 16.6. The number of carbonyl (C=O) groups is 2. The number of fused-ring (bicyclic) bond motifs is 1. The zero-order valence-corrected chi connectivity index (χ0v) is 16.6. The summed E-state index contributed by atoms with van der Waals surface area (Å²) in [7, 11) is 1.52. The van der Waals surface area contributed by atoms with Crippen molar-refractivity contribution in [2.75, 3.05) is 25.6 Å². The molecule has 1 atom stereocenters. The van der Waals surface area contributed by atoms with Gasteiger partial charge in [-0.3, -0.25) is 4.79 Å². The first-order valence-corrected chi connectivity index (χ1v) is 9.20. The molecule has 1 amide bonds. The van der Waals surface area contributed by atoms with Crippen LogP contribution in [0.15, 0.2) is 42.5 Å². The molecule has 3 rings (SSSR count). The molecule has 0 aliphatic carbocycles. The minimum Gasteiger partial charge on any atom is -0.495 e. The Balaban J connectivity index is 1.58. The highest BCUT2D eigenvalue weighted by molar-refractivity contribution is 5.97. The molecule has 0 bridgehead atoms. The van der Waals surface area contributed by atoms with Crippen LogP contribution >= 0.6 is 0 Å². The third-order valence-corrected chi connectivity index (χ3v) is 4.25. The molecule has 2 aromatic carbocycles. The van der Waals surface area contributed by atoms with Crippen LogP contribution in [0.5, 0.6) is 17.2 Å². The fraction of sp³-hybridized carbons (Fsp3) is 0.273. The normalized spacial score (nSPS) is 13.6. The van der Waals surface area contributed by atoms with E-state index in [1.807, 2.05) is 13.0 Å². The molecule has 29 heavy (non-hydrogen) atoms. The van der Waals surface area contributed by atoms with Crippen LogP contribution < -0.4 is 19.5 Å². The van der Waals surface area contributed by atoms with Crippen LogP contribution in [0.25, 0.3) is 6.08 Å². The molecule has 0 aromatic heterocycles. The minimum absolute atomic E-state index is 0.449. The van der Waals surface area contributed by atoms with Gasteiger partial charge in [-0.1, -0.05) is 12.1 Å². The fourth-order valence-electron chi connectivity index (χ4n) is 2.75. The summed E-state index contributed by atoms with van der Waals surface area (Å²) in [4.78, 5) is 24.4. The highest BCUT2D eigenvalue weighted by Crippen LogP contribution is 2.31. The van der Waals surface area contributed by atoms with E-state index >= 15 is 0 Å². The van der Waals surface area contributed by atoms with Gasteiger partial charge in [0.25, 0.3) is 5.91 Å². The number of rotatable bonds is 6. The van der Waals surface area contributed by atoms with Crippen LogP contribution in [0.3, 0.4) is 0 Å². The SMILES string of the molecule is COc1ccc(C)cc1NC(=O)[C@@H](C)OC(=O)/C=C/c1ccc2c(c1)OCCO2. The average molecular weight is 397 g/mol. The molecule has 1 N–H and O–H groups in total. The Morgan fingerprint density at radius 1 is 1.10 bits per heavy atom.